The smallest absolute Gasteiger partial charge is 0.308 e. The van der Waals surface area contributed by atoms with Gasteiger partial charge in [0.1, 0.15) is 0 Å². The van der Waals surface area contributed by atoms with E-state index in [1.807, 2.05) is 25.1 Å². The molecule has 0 aliphatic heterocycles. The van der Waals surface area contributed by atoms with Gasteiger partial charge in [-0.1, -0.05) is 43.1 Å². The van der Waals surface area contributed by atoms with E-state index in [1.165, 1.54) is 0 Å². The van der Waals surface area contributed by atoms with Crippen LogP contribution in [0.3, 0.4) is 0 Å². The minimum absolute atomic E-state index is 0.104. The van der Waals surface area contributed by atoms with Gasteiger partial charge < -0.3 is 10.4 Å². The molecule has 21 heavy (non-hydrogen) atoms. The summed E-state index contributed by atoms with van der Waals surface area (Å²) < 4.78 is 0. The molecule has 1 amide bonds. The number of carboxylic acids is 1. The third-order valence-electron chi connectivity index (χ3n) is 4.09. The monoisotopic (exact) mass is 309 g/mol. The Labute approximate surface area is 129 Å². The molecule has 0 heterocycles. The highest BCUT2D eigenvalue weighted by atomic mass is 35.5. The van der Waals surface area contributed by atoms with E-state index in [9.17, 15) is 9.59 Å². The highest BCUT2D eigenvalue weighted by Crippen LogP contribution is 2.26. The van der Waals surface area contributed by atoms with Gasteiger partial charge in [-0.2, -0.15) is 0 Å². The van der Waals surface area contributed by atoms with Gasteiger partial charge in [0.15, 0.2) is 0 Å². The molecule has 2 rings (SSSR count). The number of amides is 1. The molecule has 3 atom stereocenters. The number of carboxylic acid groups (broad SMARTS) is 1. The third-order valence-corrected chi connectivity index (χ3v) is 4.46. The summed E-state index contributed by atoms with van der Waals surface area (Å²) in [4.78, 5) is 23.4. The summed E-state index contributed by atoms with van der Waals surface area (Å²) in [6.07, 6.45) is 2.78. The molecule has 1 aromatic rings. The van der Waals surface area contributed by atoms with Crippen molar-refractivity contribution < 1.29 is 14.7 Å². The van der Waals surface area contributed by atoms with Crippen LogP contribution in [0.1, 0.15) is 31.7 Å². The first kappa shape index (κ1) is 15.8. The van der Waals surface area contributed by atoms with E-state index >= 15 is 0 Å². The average Bonchev–Trinajstić information content (AvgIpc) is 2.89. The Morgan fingerprint density at radius 2 is 2.10 bits per heavy atom. The molecule has 114 valence electrons. The highest BCUT2D eigenvalue weighted by Gasteiger charge is 2.34. The van der Waals surface area contributed by atoms with Crippen molar-refractivity contribution in [2.75, 3.05) is 0 Å². The normalized spacial score (nSPS) is 22.8. The summed E-state index contributed by atoms with van der Waals surface area (Å²) in [5.41, 5.74) is 0.933. The van der Waals surface area contributed by atoms with E-state index in [1.54, 1.807) is 6.07 Å². The molecule has 1 saturated carbocycles. The SMILES string of the molecule is CC(Cc1ccccc1Cl)C(=O)N[C@@H]1CCC[C@@H]1C(=O)O. The Hall–Kier alpha value is -1.55. The van der Waals surface area contributed by atoms with Gasteiger partial charge in [-0.05, 0) is 30.9 Å². The van der Waals surface area contributed by atoms with Crippen molar-refractivity contribution in [2.24, 2.45) is 11.8 Å². The summed E-state index contributed by atoms with van der Waals surface area (Å²) in [6.45, 7) is 1.84. The number of halogens is 1. The van der Waals surface area contributed by atoms with Crippen LogP contribution in [0.5, 0.6) is 0 Å². The largest absolute Gasteiger partial charge is 0.481 e. The number of hydrogen-bond donors (Lipinski definition) is 2. The highest BCUT2D eigenvalue weighted by molar-refractivity contribution is 6.31. The lowest BCUT2D eigenvalue weighted by atomic mass is 9.98. The maximum Gasteiger partial charge on any atom is 0.308 e. The summed E-state index contributed by atoms with van der Waals surface area (Å²) in [7, 11) is 0. The van der Waals surface area contributed by atoms with Crippen molar-refractivity contribution in [3.63, 3.8) is 0 Å². The van der Waals surface area contributed by atoms with Crippen LogP contribution >= 0.6 is 11.6 Å². The van der Waals surface area contributed by atoms with Gasteiger partial charge >= 0.3 is 5.97 Å². The molecule has 0 aromatic heterocycles. The second-order valence-corrected chi connectivity index (χ2v) is 6.09. The lowest BCUT2D eigenvalue weighted by Gasteiger charge is -2.20. The molecule has 0 saturated heterocycles. The zero-order chi connectivity index (χ0) is 15.4. The Morgan fingerprint density at radius 1 is 1.38 bits per heavy atom. The molecule has 1 aromatic carbocycles. The van der Waals surface area contributed by atoms with Crippen LogP contribution in [-0.4, -0.2) is 23.0 Å². The molecule has 1 unspecified atom stereocenters. The van der Waals surface area contributed by atoms with E-state index in [0.717, 1.165) is 18.4 Å². The standard InChI is InChI=1S/C16H20ClNO3/c1-10(9-11-5-2-3-7-13(11)17)15(19)18-14-8-4-6-12(14)16(20)21/h2-3,5,7,10,12,14H,4,6,8-9H2,1H3,(H,18,19)(H,20,21)/t10?,12-,14+/m0/s1. The van der Waals surface area contributed by atoms with E-state index in [0.29, 0.717) is 17.9 Å². The predicted molar refractivity (Wildman–Crippen MR) is 81.2 cm³/mol. The third kappa shape index (κ3) is 3.97. The Balaban J connectivity index is 1.94. The molecular formula is C16H20ClNO3. The maximum absolute atomic E-state index is 12.2. The minimum atomic E-state index is -0.823. The van der Waals surface area contributed by atoms with Crippen molar-refractivity contribution in [2.45, 2.75) is 38.6 Å². The van der Waals surface area contributed by atoms with E-state index in [-0.39, 0.29) is 17.9 Å². The molecule has 5 heteroatoms. The molecule has 0 radical (unpaired) electrons. The molecule has 1 aliphatic rings. The zero-order valence-electron chi connectivity index (χ0n) is 12.0. The first-order chi connectivity index (χ1) is 9.99. The average molecular weight is 310 g/mol. The van der Waals surface area contributed by atoms with Crippen LogP contribution in [0, 0.1) is 11.8 Å². The van der Waals surface area contributed by atoms with E-state index < -0.39 is 11.9 Å². The molecule has 1 fully saturated rings. The van der Waals surface area contributed by atoms with Crippen molar-refractivity contribution >= 4 is 23.5 Å². The fourth-order valence-electron chi connectivity index (χ4n) is 2.84. The number of benzene rings is 1. The van der Waals surface area contributed by atoms with Crippen LogP contribution in [-0.2, 0) is 16.0 Å². The van der Waals surface area contributed by atoms with Crippen molar-refractivity contribution in [1.29, 1.82) is 0 Å². The number of rotatable bonds is 5. The topological polar surface area (TPSA) is 66.4 Å². The fraction of sp³-hybridized carbons (Fsp3) is 0.500. The van der Waals surface area contributed by atoms with Crippen LogP contribution in [0.25, 0.3) is 0 Å². The molecule has 1 aliphatic carbocycles. The molecule has 0 spiro atoms. The van der Waals surface area contributed by atoms with Crippen LogP contribution in [0.4, 0.5) is 0 Å². The van der Waals surface area contributed by atoms with Crippen LogP contribution in [0.15, 0.2) is 24.3 Å². The van der Waals surface area contributed by atoms with Gasteiger partial charge in [-0.25, -0.2) is 0 Å². The first-order valence-electron chi connectivity index (χ1n) is 7.25. The van der Waals surface area contributed by atoms with E-state index in [2.05, 4.69) is 5.32 Å². The summed E-state index contributed by atoms with van der Waals surface area (Å²) in [5.74, 6) is -1.62. The lowest BCUT2D eigenvalue weighted by Crippen LogP contribution is -2.42. The van der Waals surface area contributed by atoms with Crippen molar-refractivity contribution in [1.82, 2.24) is 5.32 Å². The molecule has 2 N–H and O–H groups in total. The second-order valence-electron chi connectivity index (χ2n) is 5.69. The predicted octanol–water partition coefficient (Wildman–Crippen LogP) is 2.89. The van der Waals surface area contributed by atoms with Gasteiger partial charge in [0.2, 0.25) is 5.91 Å². The molecule has 0 bridgehead atoms. The summed E-state index contributed by atoms with van der Waals surface area (Å²) in [6, 6.07) is 7.21. The maximum atomic E-state index is 12.2. The van der Waals surface area contributed by atoms with Crippen LogP contribution < -0.4 is 5.32 Å². The Bertz CT molecular complexity index is 532. The number of carbonyl (C=O) groups excluding carboxylic acids is 1. The second kappa shape index (κ2) is 6.94. The van der Waals surface area contributed by atoms with E-state index in [4.69, 9.17) is 16.7 Å². The number of carbonyl (C=O) groups is 2. The van der Waals surface area contributed by atoms with Gasteiger partial charge in [-0.3, -0.25) is 9.59 Å². The lowest BCUT2D eigenvalue weighted by molar-refractivity contribution is -0.142. The number of nitrogens with one attached hydrogen (secondary N) is 1. The number of aliphatic carboxylic acids is 1. The first-order valence-corrected chi connectivity index (χ1v) is 7.63. The fourth-order valence-corrected chi connectivity index (χ4v) is 3.05. The van der Waals surface area contributed by atoms with Crippen molar-refractivity contribution in [3.05, 3.63) is 34.9 Å². The minimum Gasteiger partial charge on any atom is -0.481 e. The van der Waals surface area contributed by atoms with Gasteiger partial charge in [0.25, 0.3) is 0 Å². The number of hydrogen-bond acceptors (Lipinski definition) is 2. The van der Waals surface area contributed by atoms with Gasteiger partial charge in [0, 0.05) is 17.0 Å². The summed E-state index contributed by atoms with van der Waals surface area (Å²) in [5, 5.41) is 12.7. The van der Waals surface area contributed by atoms with Gasteiger partial charge in [-0.15, -0.1) is 0 Å². The molecular weight excluding hydrogens is 290 g/mol. The zero-order valence-corrected chi connectivity index (χ0v) is 12.8. The summed E-state index contributed by atoms with van der Waals surface area (Å²) >= 11 is 6.10. The van der Waals surface area contributed by atoms with Crippen molar-refractivity contribution in [3.8, 4) is 0 Å². The van der Waals surface area contributed by atoms with Crippen LogP contribution in [0.2, 0.25) is 5.02 Å². The molecule has 4 nitrogen and oxygen atoms in total. The Morgan fingerprint density at radius 3 is 2.76 bits per heavy atom. The van der Waals surface area contributed by atoms with Gasteiger partial charge in [0.05, 0.1) is 5.92 Å². The Kier molecular flexibility index (Phi) is 5.23. The quantitative estimate of drug-likeness (QED) is 0.879.